The SMILES string of the molecule is O=C1C(=Cc2ccccc2)SC(c2ccco2)N1n1cnnc1. The maximum absolute atomic E-state index is 12.8. The maximum atomic E-state index is 12.8. The molecule has 0 N–H and O–H groups in total. The first-order chi connectivity index (χ1) is 11.3. The first kappa shape index (κ1) is 13.8. The van der Waals surface area contributed by atoms with Crippen LogP contribution in [0.3, 0.4) is 0 Å². The van der Waals surface area contributed by atoms with E-state index in [1.54, 1.807) is 15.9 Å². The molecule has 6 nitrogen and oxygen atoms in total. The molecular formula is C16H12N4O2S. The number of carbonyl (C=O) groups excluding carboxylic acids is 1. The molecule has 0 spiro atoms. The lowest BCUT2D eigenvalue weighted by atomic mass is 10.2. The summed E-state index contributed by atoms with van der Waals surface area (Å²) in [5.74, 6) is 0.591. The normalized spacial score (nSPS) is 19.7. The first-order valence-corrected chi connectivity index (χ1v) is 7.86. The second-order valence-corrected chi connectivity index (χ2v) is 6.02. The number of thioether (sulfide) groups is 1. The van der Waals surface area contributed by atoms with Gasteiger partial charge in [0.1, 0.15) is 18.4 Å². The summed E-state index contributed by atoms with van der Waals surface area (Å²) in [5, 5.41) is 8.86. The Morgan fingerprint density at radius 3 is 2.57 bits per heavy atom. The average molecular weight is 324 g/mol. The molecule has 0 aliphatic carbocycles. The molecule has 1 amide bonds. The fraction of sp³-hybridized carbons (Fsp3) is 0.0625. The van der Waals surface area contributed by atoms with E-state index in [9.17, 15) is 4.79 Å². The van der Waals surface area contributed by atoms with E-state index in [1.165, 1.54) is 24.4 Å². The molecule has 23 heavy (non-hydrogen) atoms. The van der Waals surface area contributed by atoms with Crippen LogP contribution in [0.1, 0.15) is 16.7 Å². The highest BCUT2D eigenvalue weighted by Gasteiger charge is 2.40. The zero-order valence-corrected chi connectivity index (χ0v) is 12.8. The van der Waals surface area contributed by atoms with Crippen LogP contribution in [0.4, 0.5) is 0 Å². The van der Waals surface area contributed by atoms with Gasteiger partial charge < -0.3 is 4.42 Å². The smallest absolute Gasteiger partial charge is 0.280 e. The minimum absolute atomic E-state index is 0.111. The van der Waals surface area contributed by atoms with E-state index in [-0.39, 0.29) is 11.3 Å². The number of nitrogens with zero attached hydrogens (tertiary/aromatic N) is 4. The molecule has 114 valence electrons. The van der Waals surface area contributed by atoms with Crippen molar-refractivity contribution in [2.24, 2.45) is 0 Å². The molecule has 1 unspecified atom stereocenters. The van der Waals surface area contributed by atoms with Crippen molar-refractivity contribution in [3.8, 4) is 0 Å². The molecule has 4 rings (SSSR count). The Labute approximate surface area is 136 Å². The van der Waals surface area contributed by atoms with E-state index in [0.717, 1.165) is 5.56 Å². The van der Waals surface area contributed by atoms with Crippen LogP contribution in [0.25, 0.3) is 6.08 Å². The van der Waals surface area contributed by atoms with E-state index >= 15 is 0 Å². The lowest BCUT2D eigenvalue weighted by molar-refractivity contribution is -0.115. The van der Waals surface area contributed by atoms with Gasteiger partial charge in [-0.3, -0.25) is 4.79 Å². The summed E-state index contributed by atoms with van der Waals surface area (Å²) >= 11 is 1.45. The number of hydrogen-bond acceptors (Lipinski definition) is 5. The number of hydrogen-bond donors (Lipinski definition) is 0. The molecule has 1 atom stereocenters. The van der Waals surface area contributed by atoms with E-state index in [2.05, 4.69) is 10.2 Å². The van der Waals surface area contributed by atoms with Crippen LogP contribution < -0.4 is 5.01 Å². The van der Waals surface area contributed by atoms with Gasteiger partial charge in [-0.05, 0) is 23.8 Å². The minimum atomic E-state index is -0.288. The highest BCUT2D eigenvalue weighted by atomic mass is 32.2. The number of benzene rings is 1. The van der Waals surface area contributed by atoms with Crippen LogP contribution in [0, 0.1) is 0 Å². The number of aromatic nitrogens is 3. The third kappa shape index (κ3) is 2.55. The van der Waals surface area contributed by atoms with Gasteiger partial charge >= 0.3 is 0 Å². The molecule has 1 aromatic carbocycles. The quantitative estimate of drug-likeness (QED) is 0.693. The van der Waals surface area contributed by atoms with Crippen molar-refractivity contribution in [1.82, 2.24) is 14.9 Å². The Morgan fingerprint density at radius 1 is 1.09 bits per heavy atom. The standard InChI is InChI=1S/C16H12N4O2S/c21-15-14(9-12-5-2-1-3-6-12)23-16(13-7-4-8-22-13)20(15)19-10-17-18-11-19/h1-11,16H. The topological polar surface area (TPSA) is 64.2 Å². The molecule has 1 aliphatic rings. The van der Waals surface area contributed by atoms with Crippen molar-refractivity contribution in [3.63, 3.8) is 0 Å². The predicted molar refractivity (Wildman–Crippen MR) is 86.7 cm³/mol. The molecule has 3 heterocycles. The van der Waals surface area contributed by atoms with Crippen molar-refractivity contribution < 1.29 is 9.21 Å². The van der Waals surface area contributed by atoms with Gasteiger partial charge in [0.25, 0.3) is 5.91 Å². The van der Waals surface area contributed by atoms with Crippen molar-refractivity contribution >= 4 is 23.7 Å². The minimum Gasteiger partial charge on any atom is -0.466 e. The number of carbonyl (C=O) groups is 1. The van der Waals surface area contributed by atoms with Gasteiger partial charge in [0.05, 0.1) is 11.2 Å². The lowest BCUT2D eigenvalue weighted by Gasteiger charge is -2.21. The summed E-state index contributed by atoms with van der Waals surface area (Å²) in [6.45, 7) is 0. The average Bonchev–Trinajstić information content (AvgIpc) is 3.30. The van der Waals surface area contributed by atoms with Gasteiger partial charge in [0.2, 0.25) is 0 Å². The summed E-state index contributed by atoms with van der Waals surface area (Å²) < 4.78 is 7.07. The Balaban J connectivity index is 1.75. The third-order valence-corrected chi connectivity index (χ3v) is 4.62. The van der Waals surface area contributed by atoms with Gasteiger partial charge in [-0.2, -0.15) is 0 Å². The van der Waals surface area contributed by atoms with Crippen LogP contribution in [0.15, 0.2) is 70.7 Å². The van der Waals surface area contributed by atoms with Crippen molar-refractivity contribution in [1.29, 1.82) is 0 Å². The van der Waals surface area contributed by atoms with E-state index in [1.807, 2.05) is 48.5 Å². The van der Waals surface area contributed by atoms with Gasteiger partial charge in [-0.1, -0.05) is 42.1 Å². The van der Waals surface area contributed by atoms with E-state index in [0.29, 0.717) is 10.7 Å². The Kier molecular flexibility index (Phi) is 3.47. The van der Waals surface area contributed by atoms with Crippen LogP contribution in [0.2, 0.25) is 0 Å². The fourth-order valence-electron chi connectivity index (χ4n) is 2.38. The molecule has 0 saturated carbocycles. The zero-order chi connectivity index (χ0) is 15.6. The number of rotatable bonds is 3. The molecule has 0 bridgehead atoms. The highest BCUT2D eigenvalue weighted by Crippen LogP contribution is 2.45. The summed E-state index contributed by atoms with van der Waals surface area (Å²) in [7, 11) is 0. The number of furan rings is 1. The van der Waals surface area contributed by atoms with Gasteiger partial charge in [-0.15, -0.1) is 10.2 Å². The Hall–Kier alpha value is -2.80. The van der Waals surface area contributed by atoms with Crippen LogP contribution in [-0.2, 0) is 4.79 Å². The van der Waals surface area contributed by atoms with Crippen LogP contribution >= 0.6 is 11.8 Å². The second-order valence-electron chi connectivity index (χ2n) is 4.90. The monoisotopic (exact) mass is 324 g/mol. The third-order valence-electron chi connectivity index (χ3n) is 3.42. The maximum Gasteiger partial charge on any atom is 0.280 e. The largest absolute Gasteiger partial charge is 0.466 e. The molecule has 3 aromatic rings. The van der Waals surface area contributed by atoms with Crippen molar-refractivity contribution in [3.05, 3.63) is 77.6 Å². The molecular weight excluding hydrogens is 312 g/mol. The first-order valence-electron chi connectivity index (χ1n) is 6.98. The number of amides is 1. The molecule has 1 aliphatic heterocycles. The second kappa shape index (κ2) is 5.77. The summed E-state index contributed by atoms with van der Waals surface area (Å²) in [6.07, 6.45) is 6.48. The molecule has 1 fully saturated rings. The fourth-order valence-corrected chi connectivity index (χ4v) is 3.57. The van der Waals surface area contributed by atoms with Crippen LogP contribution in [-0.4, -0.2) is 20.8 Å². The van der Waals surface area contributed by atoms with Gasteiger partial charge in [0.15, 0.2) is 5.37 Å². The molecule has 1 saturated heterocycles. The van der Waals surface area contributed by atoms with E-state index < -0.39 is 0 Å². The summed E-state index contributed by atoms with van der Waals surface area (Å²) in [4.78, 5) is 13.5. The highest BCUT2D eigenvalue weighted by molar-refractivity contribution is 8.05. The molecule has 2 aromatic heterocycles. The summed E-state index contributed by atoms with van der Waals surface area (Å²) in [5.41, 5.74) is 0.979. The summed E-state index contributed by atoms with van der Waals surface area (Å²) in [6, 6.07) is 13.4. The Bertz CT molecular complexity index is 828. The van der Waals surface area contributed by atoms with Crippen molar-refractivity contribution in [2.75, 3.05) is 5.01 Å². The van der Waals surface area contributed by atoms with E-state index in [4.69, 9.17) is 4.42 Å². The lowest BCUT2D eigenvalue weighted by Crippen LogP contribution is -2.36. The van der Waals surface area contributed by atoms with Crippen molar-refractivity contribution in [2.45, 2.75) is 5.37 Å². The van der Waals surface area contributed by atoms with Crippen LogP contribution in [0.5, 0.6) is 0 Å². The van der Waals surface area contributed by atoms with Gasteiger partial charge in [-0.25, -0.2) is 9.69 Å². The molecule has 0 radical (unpaired) electrons. The molecule has 7 heteroatoms. The zero-order valence-electron chi connectivity index (χ0n) is 11.9. The van der Waals surface area contributed by atoms with Gasteiger partial charge in [0, 0.05) is 0 Å². The Morgan fingerprint density at radius 2 is 1.87 bits per heavy atom. The predicted octanol–water partition coefficient (Wildman–Crippen LogP) is 2.82.